The summed E-state index contributed by atoms with van der Waals surface area (Å²) < 4.78 is 5.88. The minimum absolute atomic E-state index is 0.00725. The molecule has 0 aromatic heterocycles. The molecule has 5 heteroatoms. The van der Waals surface area contributed by atoms with Gasteiger partial charge in [-0.1, -0.05) is 48.5 Å². The second-order valence-electron chi connectivity index (χ2n) is 8.56. The summed E-state index contributed by atoms with van der Waals surface area (Å²) >= 11 is 0. The van der Waals surface area contributed by atoms with Crippen LogP contribution in [0.4, 0.5) is 10.5 Å². The number of benzene rings is 3. The van der Waals surface area contributed by atoms with Gasteiger partial charge in [0.05, 0.1) is 11.3 Å². The molecule has 0 bridgehead atoms. The maximum Gasteiger partial charge on any atom is 0.414 e. The number of amides is 1. The summed E-state index contributed by atoms with van der Waals surface area (Å²) in [4.78, 5) is 26.5. The first-order valence-electron chi connectivity index (χ1n) is 11.0. The lowest BCUT2D eigenvalue weighted by Crippen LogP contribution is -2.37. The summed E-state index contributed by atoms with van der Waals surface area (Å²) in [6, 6.07) is 18.2. The number of hydrogen-bond donors (Lipinski definition) is 1. The molecule has 0 fully saturated rings. The van der Waals surface area contributed by atoms with Gasteiger partial charge in [-0.25, -0.2) is 9.59 Å². The highest BCUT2D eigenvalue weighted by atomic mass is 16.6. The SMILES string of the molecule is Cc1cc(C(=O)O)c(C)c2c1N(C(=O)OCC1c3ccccc3-c3ccccc31)CCC2. The molecule has 1 aliphatic carbocycles. The lowest BCUT2D eigenvalue weighted by Gasteiger charge is -2.32. The van der Waals surface area contributed by atoms with Gasteiger partial charge in [0.15, 0.2) is 0 Å². The zero-order valence-corrected chi connectivity index (χ0v) is 18.2. The molecule has 1 heterocycles. The van der Waals surface area contributed by atoms with E-state index in [0.717, 1.165) is 35.2 Å². The number of nitrogens with zero attached hydrogens (tertiary/aromatic N) is 1. The zero-order chi connectivity index (χ0) is 22.4. The molecule has 1 N–H and O–H groups in total. The van der Waals surface area contributed by atoms with Crippen molar-refractivity contribution in [1.82, 2.24) is 0 Å². The molecule has 32 heavy (non-hydrogen) atoms. The van der Waals surface area contributed by atoms with Gasteiger partial charge in [0, 0.05) is 12.5 Å². The Hall–Kier alpha value is -3.60. The van der Waals surface area contributed by atoms with E-state index in [1.165, 1.54) is 22.3 Å². The largest absolute Gasteiger partial charge is 0.478 e. The third-order valence-corrected chi connectivity index (χ3v) is 6.74. The van der Waals surface area contributed by atoms with Crippen molar-refractivity contribution in [3.63, 3.8) is 0 Å². The van der Waals surface area contributed by atoms with Crippen LogP contribution in [0.5, 0.6) is 0 Å². The molecule has 1 aliphatic heterocycles. The number of carbonyl (C=O) groups is 2. The predicted octanol–water partition coefficient (Wildman–Crippen LogP) is 5.70. The summed E-state index contributed by atoms with van der Waals surface area (Å²) in [6.07, 6.45) is 1.16. The molecule has 0 saturated carbocycles. The first-order valence-corrected chi connectivity index (χ1v) is 11.0. The number of aromatic carboxylic acids is 1. The Bertz CT molecular complexity index is 1200. The van der Waals surface area contributed by atoms with E-state index in [1.54, 1.807) is 11.0 Å². The maximum atomic E-state index is 13.2. The quantitative estimate of drug-likeness (QED) is 0.582. The maximum absolute atomic E-state index is 13.2. The van der Waals surface area contributed by atoms with E-state index in [9.17, 15) is 14.7 Å². The molecule has 162 valence electrons. The van der Waals surface area contributed by atoms with Crippen molar-refractivity contribution in [3.05, 3.63) is 88.0 Å². The third kappa shape index (κ3) is 3.16. The second kappa shape index (κ2) is 7.83. The number of anilines is 1. The van der Waals surface area contributed by atoms with Crippen molar-refractivity contribution in [3.8, 4) is 11.1 Å². The fourth-order valence-corrected chi connectivity index (χ4v) is 5.26. The summed E-state index contributed by atoms with van der Waals surface area (Å²) in [5, 5.41) is 9.53. The van der Waals surface area contributed by atoms with E-state index in [-0.39, 0.29) is 18.6 Å². The zero-order valence-electron chi connectivity index (χ0n) is 18.2. The average molecular weight is 428 g/mol. The van der Waals surface area contributed by atoms with Crippen molar-refractivity contribution in [2.24, 2.45) is 0 Å². The normalized spacial score (nSPS) is 14.5. The minimum Gasteiger partial charge on any atom is -0.478 e. The monoisotopic (exact) mass is 427 g/mol. The summed E-state index contributed by atoms with van der Waals surface area (Å²) in [5.74, 6) is -0.931. The Kier molecular flexibility index (Phi) is 4.97. The first kappa shape index (κ1) is 20.3. The molecule has 0 unspecified atom stereocenters. The smallest absolute Gasteiger partial charge is 0.414 e. The number of rotatable bonds is 3. The van der Waals surface area contributed by atoms with Crippen LogP contribution in [0.1, 0.15) is 50.5 Å². The van der Waals surface area contributed by atoms with Gasteiger partial charge in [-0.05, 0) is 71.7 Å². The minimum atomic E-state index is -0.938. The van der Waals surface area contributed by atoms with Gasteiger partial charge in [0.2, 0.25) is 0 Å². The molecule has 0 spiro atoms. The van der Waals surface area contributed by atoms with Crippen LogP contribution < -0.4 is 4.90 Å². The van der Waals surface area contributed by atoms with Gasteiger partial charge >= 0.3 is 12.1 Å². The van der Waals surface area contributed by atoms with Crippen LogP contribution in [0, 0.1) is 13.8 Å². The van der Waals surface area contributed by atoms with Crippen LogP contribution in [0.25, 0.3) is 11.1 Å². The van der Waals surface area contributed by atoms with Gasteiger partial charge < -0.3 is 9.84 Å². The molecule has 3 aromatic rings. The highest BCUT2D eigenvalue weighted by molar-refractivity contribution is 5.95. The van der Waals surface area contributed by atoms with Gasteiger partial charge in [0.1, 0.15) is 6.61 Å². The molecule has 2 aliphatic rings. The van der Waals surface area contributed by atoms with Gasteiger partial charge in [-0.15, -0.1) is 0 Å². The fourth-order valence-electron chi connectivity index (χ4n) is 5.26. The lowest BCUT2D eigenvalue weighted by molar-refractivity contribution is 0.0696. The number of carboxylic acids is 1. The topological polar surface area (TPSA) is 66.8 Å². The number of carboxylic acid groups (broad SMARTS) is 1. The van der Waals surface area contributed by atoms with Crippen LogP contribution in [-0.4, -0.2) is 30.3 Å². The van der Waals surface area contributed by atoms with Crippen molar-refractivity contribution in [2.45, 2.75) is 32.6 Å². The van der Waals surface area contributed by atoms with Crippen LogP contribution in [0.15, 0.2) is 54.6 Å². The summed E-state index contributed by atoms with van der Waals surface area (Å²) in [5.41, 5.74) is 8.30. The molecule has 5 nitrogen and oxygen atoms in total. The Balaban J connectivity index is 1.42. The van der Waals surface area contributed by atoms with E-state index in [0.29, 0.717) is 12.1 Å². The molecule has 5 rings (SSSR count). The van der Waals surface area contributed by atoms with E-state index in [1.807, 2.05) is 38.1 Å². The highest BCUT2D eigenvalue weighted by Crippen LogP contribution is 2.44. The van der Waals surface area contributed by atoms with Crippen molar-refractivity contribution in [2.75, 3.05) is 18.1 Å². The van der Waals surface area contributed by atoms with Crippen molar-refractivity contribution in [1.29, 1.82) is 0 Å². The van der Waals surface area contributed by atoms with E-state index in [2.05, 4.69) is 24.3 Å². The molecule has 0 atom stereocenters. The van der Waals surface area contributed by atoms with Crippen LogP contribution in [0.3, 0.4) is 0 Å². The Morgan fingerprint density at radius 1 is 1.03 bits per heavy atom. The van der Waals surface area contributed by atoms with Gasteiger partial charge in [0.25, 0.3) is 0 Å². The fraction of sp³-hybridized carbons (Fsp3) is 0.259. The van der Waals surface area contributed by atoms with Gasteiger partial charge in [-0.2, -0.15) is 0 Å². The molecule has 3 aromatic carbocycles. The van der Waals surface area contributed by atoms with Crippen molar-refractivity contribution < 1.29 is 19.4 Å². The molecular formula is C27H25NO4. The molecular weight excluding hydrogens is 402 g/mol. The standard InChI is InChI=1S/C27H25NO4/c1-16-14-23(26(29)30)17(2)18-12-7-13-28(25(16)18)27(31)32-15-24-21-10-5-3-8-19(21)20-9-4-6-11-22(20)24/h3-6,8-11,14,24H,7,12-13,15H2,1-2H3,(H,29,30). The number of ether oxygens (including phenoxy) is 1. The molecule has 0 radical (unpaired) electrons. The number of fused-ring (bicyclic) bond motifs is 4. The van der Waals surface area contributed by atoms with Crippen LogP contribution >= 0.6 is 0 Å². The van der Waals surface area contributed by atoms with Crippen LogP contribution in [0.2, 0.25) is 0 Å². The molecule has 0 saturated heterocycles. The van der Waals surface area contributed by atoms with Gasteiger partial charge in [-0.3, -0.25) is 4.90 Å². The van der Waals surface area contributed by atoms with E-state index >= 15 is 0 Å². The number of aryl methyl sites for hydroxylation is 1. The second-order valence-corrected chi connectivity index (χ2v) is 8.56. The third-order valence-electron chi connectivity index (χ3n) is 6.74. The predicted molar refractivity (Wildman–Crippen MR) is 124 cm³/mol. The number of hydrogen-bond acceptors (Lipinski definition) is 3. The first-order chi connectivity index (χ1) is 15.5. The Morgan fingerprint density at radius 2 is 1.66 bits per heavy atom. The van der Waals surface area contributed by atoms with Crippen molar-refractivity contribution >= 4 is 17.7 Å². The van der Waals surface area contributed by atoms with Crippen LogP contribution in [-0.2, 0) is 11.2 Å². The van der Waals surface area contributed by atoms with E-state index < -0.39 is 5.97 Å². The molecule has 1 amide bonds. The summed E-state index contributed by atoms with van der Waals surface area (Å²) in [6.45, 7) is 4.52. The Labute approximate surface area is 187 Å². The summed E-state index contributed by atoms with van der Waals surface area (Å²) in [7, 11) is 0. The van der Waals surface area contributed by atoms with E-state index in [4.69, 9.17) is 4.74 Å². The average Bonchev–Trinajstić information content (AvgIpc) is 3.13. The highest BCUT2D eigenvalue weighted by Gasteiger charge is 2.32. The lowest BCUT2D eigenvalue weighted by atomic mass is 9.90. The Morgan fingerprint density at radius 3 is 2.28 bits per heavy atom. The number of carbonyl (C=O) groups excluding carboxylic acids is 1.